The molecule has 0 rings (SSSR count). The zero-order valence-electron chi connectivity index (χ0n) is 18.1. The van der Waals surface area contributed by atoms with Gasteiger partial charge in [0.25, 0.3) is 0 Å². The van der Waals surface area contributed by atoms with Crippen molar-refractivity contribution >= 4 is 0 Å². The first kappa shape index (κ1) is 27.5. The first-order valence-corrected chi connectivity index (χ1v) is 10.1. The fourth-order valence-corrected chi connectivity index (χ4v) is 2.53. The van der Waals surface area contributed by atoms with Gasteiger partial charge in [-0.15, -0.1) is 0 Å². The van der Waals surface area contributed by atoms with Gasteiger partial charge in [-0.05, 0) is 45.1 Å². The molecule has 4 heteroatoms. The Hall–Kier alpha value is -0.680. The van der Waals surface area contributed by atoms with Gasteiger partial charge in [-0.25, -0.2) is 0 Å². The van der Waals surface area contributed by atoms with E-state index in [1.165, 1.54) is 31.3 Å². The highest BCUT2D eigenvalue weighted by atomic mass is 16.5. The molecule has 0 saturated carbocycles. The summed E-state index contributed by atoms with van der Waals surface area (Å²) in [5.74, 6) is 0. The molecular formula is C22H44O4. The van der Waals surface area contributed by atoms with Gasteiger partial charge < -0.3 is 19.7 Å². The number of unbranched alkanes of at least 4 members (excludes halogenated alkanes) is 2. The van der Waals surface area contributed by atoms with E-state index in [2.05, 4.69) is 39.8 Å². The number of hydrogen-bond donors (Lipinski definition) is 2. The van der Waals surface area contributed by atoms with E-state index >= 15 is 0 Å². The Bertz CT molecular complexity index is 352. The fraction of sp³-hybridized carbons (Fsp3) is 0.818. The van der Waals surface area contributed by atoms with E-state index in [9.17, 15) is 0 Å². The molecule has 0 aromatic rings. The summed E-state index contributed by atoms with van der Waals surface area (Å²) in [4.78, 5) is 0. The molecule has 0 aromatic carbocycles. The molecule has 0 spiro atoms. The Morgan fingerprint density at radius 2 is 1.65 bits per heavy atom. The average molecular weight is 373 g/mol. The molecule has 0 aliphatic rings. The topological polar surface area (TPSA) is 58.9 Å². The lowest BCUT2D eigenvalue weighted by atomic mass is 9.98. The first-order chi connectivity index (χ1) is 12.4. The predicted molar refractivity (Wildman–Crippen MR) is 112 cm³/mol. The molecule has 0 aromatic heterocycles. The maximum Gasteiger partial charge on any atom is 0.0830 e. The van der Waals surface area contributed by atoms with Crippen molar-refractivity contribution in [3.8, 4) is 0 Å². The van der Waals surface area contributed by atoms with Crippen molar-refractivity contribution in [2.45, 2.75) is 90.8 Å². The summed E-state index contributed by atoms with van der Waals surface area (Å²) in [5, 5.41) is 17.3. The van der Waals surface area contributed by atoms with Crippen LogP contribution in [-0.2, 0) is 9.47 Å². The minimum absolute atomic E-state index is 0.148. The highest BCUT2D eigenvalue weighted by Gasteiger charge is 2.18. The third kappa shape index (κ3) is 15.6. The minimum atomic E-state index is -0.148. The molecule has 2 unspecified atom stereocenters. The number of rotatable bonds is 14. The summed E-state index contributed by atoms with van der Waals surface area (Å²) < 4.78 is 10.8. The van der Waals surface area contributed by atoms with E-state index in [1.807, 2.05) is 6.08 Å². The maximum atomic E-state index is 8.66. The number of aliphatic hydroxyl groups is 2. The van der Waals surface area contributed by atoms with Crippen molar-refractivity contribution in [1.82, 2.24) is 0 Å². The van der Waals surface area contributed by atoms with Crippen LogP contribution in [0.1, 0.15) is 79.1 Å². The van der Waals surface area contributed by atoms with E-state index < -0.39 is 0 Å². The second-order valence-electron chi connectivity index (χ2n) is 6.86. The molecule has 0 amide bonds. The van der Waals surface area contributed by atoms with Crippen LogP contribution in [0.5, 0.6) is 0 Å². The molecule has 0 radical (unpaired) electrons. The van der Waals surface area contributed by atoms with Crippen molar-refractivity contribution in [3.63, 3.8) is 0 Å². The lowest BCUT2D eigenvalue weighted by Crippen LogP contribution is -2.24. The monoisotopic (exact) mass is 372 g/mol. The molecular weight excluding hydrogens is 328 g/mol. The molecule has 2 N–H and O–H groups in total. The van der Waals surface area contributed by atoms with Crippen molar-refractivity contribution in [2.24, 2.45) is 0 Å². The zero-order valence-corrected chi connectivity index (χ0v) is 18.1. The van der Waals surface area contributed by atoms with E-state index in [0.29, 0.717) is 6.42 Å². The second kappa shape index (κ2) is 19.1. The number of aliphatic hydroxyl groups excluding tert-OH is 2. The molecule has 0 fully saturated rings. The molecule has 26 heavy (non-hydrogen) atoms. The molecule has 0 saturated heterocycles. The van der Waals surface area contributed by atoms with Gasteiger partial charge in [0.2, 0.25) is 0 Å². The largest absolute Gasteiger partial charge is 0.396 e. The number of ether oxygens (including phenoxy) is 2. The van der Waals surface area contributed by atoms with E-state index in [4.69, 9.17) is 19.7 Å². The van der Waals surface area contributed by atoms with Gasteiger partial charge in [0, 0.05) is 27.4 Å². The van der Waals surface area contributed by atoms with Crippen LogP contribution in [0.2, 0.25) is 0 Å². The Balaban J connectivity index is 0. The van der Waals surface area contributed by atoms with Crippen LogP contribution in [0.25, 0.3) is 0 Å². The molecule has 0 aliphatic heterocycles. The van der Waals surface area contributed by atoms with Gasteiger partial charge in [0.15, 0.2) is 0 Å². The van der Waals surface area contributed by atoms with Crippen LogP contribution in [0.15, 0.2) is 23.8 Å². The maximum absolute atomic E-state index is 8.66. The average Bonchev–Trinajstić information content (AvgIpc) is 2.66. The minimum Gasteiger partial charge on any atom is -0.396 e. The summed E-state index contributed by atoms with van der Waals surface area (Å²) >= 11 is 0. The summed E-state index contributed by atoms with van der Waals surface area (Å²) in [6, 6.07) is 0. The number of hydrogen-bond acceptors (Lipinski definition) is 4. The van der Waals surface area contributed by atoms with Gasteiger partial charge in [-0.3, -0.25) is 0 Å². The Morgan fingerprint density at radius 1 is 1.04 bits per heavy atom. The van der Waals surface area contributed by atoms with Crippen LogP contribution in [0, 0.1) is 0 Å². The van der Waals surface area contributed by atoms with Gasteiger partial charge >= 0.3 is 0 Å². The Kier molecular flexibility index (Phi) is 20.2. The van der Waals surface area contributed by atoms with Crippen LogP contribution in [0.4, 0.5) is 0 Å². The van der Waals surface area contributed by atoms with Crippen molar-refractivity contribution in [2.75, 3.05) is 27.4 Å². The summed E-state index contributed by atoms with van der Waals surface area (Å²) in [5.41, 5.74) is 1.09. The highest BCUT2D eigenvalue weighted by Crippen LogP contribution is 2.19. The van der Waals surface area contributed by atoms with Crippen LogP contribution >= 0.6 is 0 Å². The molecule has 4 nitrogen and oxygen atoms in total. The standard InChI is InChI=1S/2C11H22O2/c1-4-5-8-11(2,13-3)9-6-7-10-12;1-4-5-8-11(13-3)10(2)7-6-9-12/h6,9,12H,4-5,7-8,10H2,1-3H3;7,11-12H,4-6,8-9H2,1-3H3. The fourth-order valence-electron chi connectivity index (χ4n) is 2.53. The lowest BCUT2D eigenvalue weighted by Gasteiger charge is -2.24. The van der Waals surface area contributed by atoms with Gasteiger partial charge in [-0.1, -0.05) is 57.8 Å². The van der Waals surface area contributed by atoms with E-state index in [-0.39, 0.29) is 24.9 Å². The van der Waals surface area contributed by atoms with Crippen LogP contribution < -0.4 is 0 Å². The Labute approximate surface area is 162 Å². The van der Waals surface area contributed by atoms with E-state index in [1.54, 1.807) is 14.2 Å². The lowest BCUT2D eigenvalue weighted by molar-refractivity contribution is 0.0392. The molecule has 0 bridgehead atoms. The van der Waals surface area contributed by atoms with Crippen molar-refractivity contribution < 1.29 is 19.7 Å². The Morgan fingerprint density at radius 3 is 2.12 bits per heavy atom. The quantitative estimate of drug-likeness (QED) is 0.419. The van der Waals surface area contributed by atoms with Crippen LogP contribution in [-0.4, -0.2) is 49.4 Å². The van der Waals surface area contributed by atoms with Gasteiger partial charge in [-0.2, -0.15) is 0 Å². The molecule has 0 aliphatic carbocycles. The first-order valence-electron chi connectivity index (χ1n) is 10.1. The highest BCUT2D eigenvalue weighted by molar-refractivity contribution is 5.04. The predicted octanol–water partition coefficient (Wildman–Crippen LogP) is 5.04. The molecule has 2 atom stereocenters. The van der Waals surface area contributed by atoms with Crippen LogP contribution in [0.3, 0.4) is 0 Å². The van der Waals surface area contributed by atoms with Gasteiger partial charge in [0.05, 0.1) is 11.7 Å². The second-order valence-corrected chi connectivity index (χ2v) is 6.86. The van der Waals surface area contributed by atoms with E-state index in [0.717, 1.165) is 19.3 Å². The molecule has 156 valence electrons. The number of methoxy groups -OCH3 is 2. The molecule has 0 heterocycles. The van der Waals surface area contributed by atoms with Gasteiger partial charge in [0.1, 0.15) is 0 Å². The zero-order chi connectivity index (χ0) is 20.3. The van der Waals surface area contributed by atoms with Crippen molar-refractivity contribution in [3.05, 3.63) is 23.8 Å². The smallest absolute Gasteiger partial charge is 0.0830 e. The summed E-state index contributed by atoms with van der Waals surface area (Å²) in [6.45, 7) is 8.94. The summed E-state index contributed by atoms with van der Waals surface area (Å²) in [7, 11) is 3.48. The third-order valence-corrected chi connectivity index (χ3v) is 4.47. The van der Waals surface area contributed by atoms with Crippen molar-refractivity contribution in [1.29, 1.82) is 0 Å². The SMILES string of the molecule is CCCCC(C)(C=CCCO)OC.CCCCC(OC)C(C)=CCCO. The third-order valence-electron chi connectivity index (χ3n) is 4.47. The normalized spacial score (nSPS) is 15.5. The summed E-state index contributed by atoms with van der Waals surface area (Å²) in [6.07, 6.45) is 14.7.